The molecule has 0 saturated carbocycles. The van der Waals surface area contributed by atoms with E-state index in [-0.39, 0.29) is 31.8 Å². The summed E-state index contributed by atoms with van der Waals surface area (Å²) in [6, 6.07) is 2.21. The van der Waals surface area contributed by atoms with Gasteiger partial charge in [-0.1, -0.05) is 13.3 Å². The molecule has 27 heavy (non-hydrogen) atoms. The van der Waals surface area contributed by atoms with Crippen molar-refractivity contribution in [2.75, 3.05) is 24.6 Å². The molecule has 0 spiro atoms. The van der Waals surface area contributed by atoms with Crippen LogP contribution in [-0.2, 0) is 14.3 Å². The molecule has 1 unspecified atom stereocenters. The number of ether oxygens (including phenoxy) is 1. The quantitative estimate of drug-likeness (QED) is 0.309. The Labute approximate surface area is 154 Å². The van der Waals surface area contributed by atoms with Crippen LogP contribution in [0.15, 0.2) is 18.2 Å². The van der Waals surface area contributed by atoms with Gasteiger partial charge in [-0.05, 0) is 12.5 Å². The van der Waals surface area contributed by atoms with E-state index in [0.29, 0.717) is 6.42 Å². The highest BCUT2D eigenvalue weighted by molar-refractivity contribution is 5.91. The molecule has 0 aromatic heterocycles. The molecule has 0 bridgehead atoms. The molecule has 1 aliphatic rings. The number of non-ortho nitro benzene ring substituents is 1. The number of nitrogens with zero attached hydrogens (tertiary/aromatic N) is 3. The van der Waals surface area contributed by atoms with Crippen molar-refractivity contribution in [2.24, 2.45) is 0 Å². The number of amides is 1. The zero-order chi connectivity index (χ0) is 20.0. The molecule has 11 nitrogen and oxygen atoms in total. The van der Waals surface area contributed by atoms with E-state index in [1.807, 2.05) is 6.92 Å². The van der Waals surface area contributed by atoms with Crippen molar-refractivity contribution in [1.82, 2.24) is 5.32 Å². The van der Waals surface area contributed by atoms with E-state index in [2.05, 4.69) is 5.32 Å². The summed E-state index contributed by atoms with van der Waals surface area (Å²) >= 11 is 0. The van der Waals surface area contributed by atoms with E-state index >= 15 is 0 Å². The maximum atomic E-state index is 12.3. The number of carbonyl (C=O) groups is 2. The van der Waals surface area contributed by atoms with Gasteiger partial charge >= 0.3 is 5.97 Å². The van der Waals surface area contributed by atoms with Crippen molar-refractivity contribution < 1.29 is 24.2 Å². The Morgan fingerprint density at radius 1 is 1.33 bits per heavy atom. The lowest BCUT2D eigenvalue weighted by Crippen LogP contribution is -2.56. The fraction of sp³-hybridized carbons (Fsp3) is 0.500. The van der Waals surface area contributed by atoms with E-state index in [1.165, 1.54) is 11.0 Å². The average molecular weight is 380 g/mol. The molecule has 11 heteroatoms. The normalized spacial score (nSPS) is 16.6. The summed E-state index contributed by atoms with van der Waals surface area (Å²) in [6.07, 6.45) is 1.27. The minimum Gasteiger partial charge on any atom is -0.466 e. The summed E-state index contributed by atoms with van der Waals surface area (Å²) in [5.41, 5.74) is -0.877. The van der Waals surface area contributed by atoms with Gasteiger partial charge in [-0.15, -0.1) is 0 Å². The Hall–Kier alpha value is -3.24. The van der Waals surface area contributed by atoms with Crippen molar-refractivity contribution in [2.45, 2.75) is 32.2 Å². The van der Waals surface area contributed by atoms with E-state index in [4.69, 9.17) is 4.74 Å². The number of benzene rings is 1. The second kappa shape index (κ2) is 8.92. The van der Waals surface area contributed by atoms with Crippen LogP contribution in [0.25, 0.3) is 0 Å². The van der Waals surface area contributed by atoms with Gasteiger partial charge in [0, 0.05) is 19.2 Å². The van der Waals surface area contributed by atoms with E-state index in [0.717, 1.165) is 18.6 Å². The molecule has 146 valence electrons. The first-order chi connectivity index (χ1) is 12.8. The predicted octanol–water partition coefficient (Wildman–Crippen LogP) is 1.54. The molecule has 1 amide bonds. The van der Waals surface area contributed by atoms with E-state index in [9.17, 15) is 29.8 Å². The zero-order valence-electron chi connectivity index (χ0n) is 14.8. The molecule has 1 aromatic carbocycles. The van der Waals surface area contributed by atoms with Crippen LogP contribution < -0.4 is 10.2 Å². The van der Waals surface area contributed by atoms with Gasteiger partial charge in [-0.25, -0.2) is 0 Å². The average Bonchev–Trinajstić information content (AvgIpc) is 2.63. The highest BCUT2D eigenvalue weighted by Gasteiger charge is 2.36. The molecule has 1 fully saturated rings. The van der Waals surface area contributed by atoms with Crippen LogP contribution in [0.3, 0.4) is 0 Å². The Balaban J connectivity index is 2.30. The predicted molar refractivity (Wildman–Crippen MR) is 94.4 cm³/mol. The number of nitrogens with one attached hydrogen (secondary N) is 1. The van der Waals surface area contributed by atoms with Crippen LogP contribution in [-0.4, -0.2) is 47.5 Å². The lowest BCUT2D eigenvalue weighted by atomic mass is 10.1. The standard InChI is InChI=1S/C16H20N4O7/c1-2-3-8-27-15(21)10-14-16(22)17-6-7-18(14)12-5-4-11(19(23)24)9-13(12)20(25)26/h4-5,9,14H,2-3,6-8,10H2,1H3,(H,17,22). The molecule has 1 heterocycles. The number of rotatable bonds is 8. The molecule has 1 N–H and O–H groups in total. The van der Waals surface area contributed by atoms with Crippen molar-refractivity contribution >= 4 is 28.9 Å². The number of nitro benzene ring substituents is 2. The van der Waals surface area contributed by atoms with E-state index < -0.39 is 39.1 Å². The number of hydrogen-bond acceptors (Lipinski definition) is 8. The van der Waals surface area contributed by atoms with Gasteiger partial charge in [0.25, 0.3) is 11.4 Å². The number of nitro groups is 2. The SMILES string of the molecule is CCCCOC(=O)CC1C(=O)NCCN1c1ccc([N+](=O)[O-])cc1[N+](=O)[O-]. The molecule has 1 aromatic rings. The van der Waals surface area contributed by atoms with Gasteiger partial charge in [0.15, 0.2) is 0 Å². The number of piperazine rings is 1. The highest BCUT2D eigenvalue weighted by Crippen LogP contribution is 2.34. The minimum atomic E-state index is -0.993. The van der Waals surface area contributed by atoms with Crippen LogP contribution in [0, 0.1) is 20.2 Å². The van der Waals surface area contributed by atoms with Gasteiger partial charge in [0.2, 0.25) is 5.91 Å². The number of esters is 1. The number of anilines is 1. The first-order valence-electron chi connectivity index (χ1n) is 8.48. The molecule has 2 rings (SSSR count). The summed E-state index contributed by atoms with van der Waals surface area (Å²) < 4.78 is 5.08. The second-order valence-electron chi connectivity index (χ2n) is 5.97. The minimum absolute atomic E-state index is 0.0480. The highest BCUT2D eigenvalue weighted by atomic mass is 16.6. The van der Waals surface area contributed by atoms with Crippen LogP contribution in [0.2, 0.25) is 0 Å². The third-order valence-electron chi connectivity index (χ3n) is 4.13. The lowest BCUT2D eigenvalue weighted by molar-refractivity contribution is -0.393. The number of unbranched alkanes of at least 4 members (excludes halogenated alkanes) is 1. The van der Waals surface area contributed by atoms with Gasteiger partial charge < -0.3 is 15.0 Å². The van der Waals surface area contributed by atoms with Gasteiger partial charge in [-0.2, -0.15) is 0 Å². The molecule has 1 saturated heterocycles. The summed E-state index contributed by atoms with van der Waals surface area (Å²) in [7, 11) is 0. The van der Waals surface area contributed by atoms with Crippen LogP contribution >= 0.6 is 0 Å². The first kappa shape index (κ1) is 20.1. The monoisotopic (exact) mass is 380 g/mol. The first-order valence-corrected chi connectivity index (χ1v) is 8.48. The van der Waals surface area contributed by atoms with E-state index in [1.54, 1.807) is 0 Å². The van der Waals surface area contributed by atoms with Gasteiger partial charge in [-0.3, -0.25) is 29.8 Å². The number of hydrogen-bond donors (Lipinski definition) is 1. The summed E-state index contributed by atoms with van der Waals surface area (Å²) in [6.45, 7) is 2.63. The molecule has 1 atom stereocenters. The molecule has 0 radical (unpaired) electrons. The lowest BCUT2D eigenvalue weighted by Gasteiger charge is -2.35. The second-order valence-corrected chi connectivity index (χ2v) is 5.97. The Kier molecular flexibility index (Phi) is 6.63. The fourth-order valence-corrected chi connectivity index (χ4v) is 2.77. The number of carbonyl (C=O) groups excluding carboxylic acids is 2. The molecule has 0 aliphatic carbocycles. The smallest absolute Gasteiger partial charge is 0.308 e. The molecular formula is C16H20N4O7. The maximum Gasteiger partial charge on any atom is 0.308 e. The van der Waals surface area contributed by atoms with Crippen LogP contribution in [0.1, 0.15) is 26.2 Å². The van der Waals surface area contributed by atoms with Gasteiger partial charge in [0.05, 0.1) is 28.9 Å². The molecule has 1 aliphatic heterocycles. The topological polar surface area (TPSA) is 145 Å². The van der Waals surface area contributed by atoms with Crippen molar-refractivity contribution in [3.8, 4) is 0 Å². The third-order valence-corrected chi connectivity index (χ3v) is 4.13. The fourth-order valence-electron chi connectivity index (χ4n) is 2.77. The molecular weight excluding hydrogens is 360 g/mol. The van der Waals surface area contributed by atoms with Crippen LogP contribution in [0.5, 0.6) is 0 Å². The van der Waals surface area contributed by atoms with Crippen molar-refractivity contribution in [1.29, 1.82) is 0 Å². The van der Waals surface area contributed by atoms with Gasteiger partial charge in [0.1, 0.15) is 11.7 Å². The third kappa shape index (κ3) is 4.90. The summed E-state index contributed by atoms with van der Waals surface area (Å²) in [5.74, 6) is -1.04. The van der Waals surface area contributed by atoms with Crippen molar-refractivity contribution in [3.05, 3.63) is 38.4 Å². The Morgan fingerprint density at radius 2 is 2.07 bits per heavy atom. The van der Waals surface area contributed by atoms with Crippen LogP contribution in [0.4, 0.5) is 17.1 Å². The summed E-state index contributed by atoms with van der Waals surface area (Å²) in [5, 5.41) is 24.9. The Morgan fingerprint density at radius 3 is 2.70 bits per heavy atom. The maximum absolute atomic E-state index is 12.3. The largest absolute Gasteiger partial charge is 0.466 e. The Bertz CT molecular complexity index is 752. The zero-order valence-corrected chi connectivity index (χ0v) is 14.8. The van der Waals surface area contributed by atoms with Crippen molar-refractivity contribution in [3.63, 3.8) is 0 Å². The summed E-state index contributed by atoms with van der Waals surface area (Å²) in [4.78, 5) is 46.5.